The number of rotatable bonds is 7. The van der Waals surface area contributed by atoms with Gasteiger partial charge in [0.1, 0.15) is 5.75 Å². The van der Waals surface area contributed by atoms with E-state index in [0.717, 1.165) is 17.7 Å². The van der Waals surface area contributed by atoms with Gasteiger partial charge in [-0.15, -0.1) is 0 Å². The maximum absolute atomic E-state index is 6.09. The molecule has 0 fully saturated rings. The number of pyridine rings is 1. The van der Waals surface area contributed by atoms with Crippen molar-refractivity contribution in [1.82, 2.24) is 10.3 Å². The summed E-state index contributed by atoms with van der Waals surface area (Å²) in [6, 6.07) is 10.0. The fraction of sp³-hybridized carbons (Fsp3) is 0.353. The van der Waals surface area contributed by atoms with Gasteiger partial charge in [-0.1, -0.05) is 37.1 Å². The molecule has 2 aromatic rings. The first-order valence-corrected chi connectivity index (χ1v) is 7.66. The predicted octanol–water partition coefficient (Wildman–Crippen LogP) is 4.59. The smallest absolute Gasteiger partial charge is 0.219 e. The van der Waals surface area contributed by atoms with E-state index in [9.17, 15) is 0 Å². The molecule has 4 heteroatoms. The van der Waals surface area contributed by atoms with Crippen LogP contribution in [0.3, 0.4) is 0 Å². The Bertz CT molecular complexity index is 570. The number of nitrogens with one attached hydrogen (secondary N) is 1. The van der Waals surface area contributed by atoms with E-state index in [1.807, 2.05) is 25.2 Å². The van der Waals surface area contributed by atoms with Crippen molar-refractivity contribution in [2.24, 2.45) is 0 Å². The van der Waals surface area contributed by atoms with Crippen molar-refractivity contribution in [2.75, 3.05) is 7.05 Å². The Balaban J connectivity index is 2.05. The topological polar surface area (TPSA) is 34.1 Å². The quantitative estimate of drug-likeness (QED) is 0.812. The molecule has 1 aromatic heterocycles. The standard InChI is InChI=1S/C17H21ClN2O/c1-3-4-5-13-6-8-15(9-7-13)21-17-10-14(11-19-2)16(18)12-20-17/h6-10,12,19H,3-5,11H2,1-2H3. The lowest BCUT2D eigenvalue weighted by atomic mass is 10.1. The van der Waals surface area contributed by atoms with Gasteiger partial charge in [-0.3, -0.25) is 0 Å². The molecule has 0 aliphatic carbocycles. The number of hydrogen-bond donors (Lipinski definition) is 1. The van der Waals surface area contributed by atoms with Gasteiger partial charge in [0, 0.05) is 18.8 Å². The van der Waals surface area contributed by atoms with Crippen LogP contribution in [0.4, 0.5) is 0 Å². The summed E-state index contributed by atoms with van der Waals surface area (Å²) < 4.78 is 5.78. The molecule has 1 N–H and O–H groups in total. The fourth-order valence-electron chi connectivity index (χ4n) is 2.07. The highest BCUT2D eigenvalue weighted by atomic mass is 35.5. The Morgan fingerprint density at radius 1 is 1.24 bits per heavy atom. The Labute approximate surface area is 131 Å². The molecule has 0 atom stereocenters. The summed E-state index contributed by atoms with van der Waals surface area (Å²) in [5.74, 6) is 1.35. The fourth-order valence-corrected chi connectivity index (χ4v) is 2.24. The summed E-state index contributed by atoms with van der Waals surface area (Å²) in [6.07, 6.45) is 5.16. The van der Waals surface area contributed by atoms with Crippen LogP contribution in [0.5, 0.6) is 11.6 Å². The Hall–Kier alpha value is -1.58. The van der Waals surface area contributed by atoms with Crippen LogP contribution in [-0.2, 0) is 13.0 Å². The molecule has 0 spiro atoms. The minimum absolute atomic E-state index is 0.561. The summed E-state index contributed by atoms with van der Waals surface area (Å²) in [6.45, 7) is 2.89. The van der Waals surface area contributed by atoms with Crippen LogP contribution in [0.1, 0.15) is 30.9 Å². The second-order valence-corrected chi connectivity index (χ2v) is 5.40. The summed E-state index contributed by atoms with van der Waals surface area (Å²) in [7, 11) is 1.88. The second-order valence-electron chi connectivity index (χ2n) is 4.99. The zero-order valence-corrected chi connectivity index (χ0v) is 13.3. The number of benzene rings is 1. The molecule has 0 saturated carbocycles. The zero-order chi connectivity index (χ0) is 15.1. The molecular weight excluding hydrogens is 284 g/mol. The Morgan fingerprint density at radius 3 is 2.67 bits per heavy atom. The molecule has 0 radical (unpaired) electrons. The lowest BCUT2D eigenvalue weighted by Gasteiger charge is -2.09. The minimum Gasteiger partial charge on any atom is -0.439 e. The van der Waals surface area contributed by atoms with E-state index in [1.165, 1.54) is 18.4 Å². The van der Waals surface area contributed by atoms with E-state index >= 15 is 0 Å². The first kappa shape index (κ1) is 15.8. The lowest BCUT2D eigenvalue weighted by Crippen LogP contribution is -2.06. The monoisotopic (exact) mass is 304 g/mol. The third kappa shape index (κ3) is 4.73. The molecule has 0 saturated heterocycles. The van der Waals surface area contributed by atoms with Crippen LogP contribution in [0.25, 0.3) is 0 Å². The number of ether oxygens (including phenoxy) is 1. The van der Waals surface area contributed by atoms with Crippen LogP contribution >= 0.6 is 11.6 Å². The van der Waals surface area contributed by atoms with Gasteiger partial charge in [0.2, 0.25) is 5.88 Å². The van der Waals surface area contributed by atoms with E-state index in [1.54, 1.807) is 6.20 Å². The summed E-state index contributed by atoms with van der Waals surface area (Å²) in [5.41, 5.74) is 2.31. The first-order chi connectivity index (χ1) is 10.2. The van der Waals surface area contributed by atoms with Crippen molar-refractivity contribution in [3.8, 4) is 11.6 Å². The van der Waals surface area contributed by atoms with Crippen LogP contribution < -0.4 is 10.1 Å². The number of unbranched alkanes of at least 4 members (excludes halogenated alkanes) is 1. The number of nitrogens with zero attached hydrogens (tertiary/aromatic N) is 1. The molecule has 1 heterocycles. The molecule has 112 valence electrons. The van der Waals surface area contributed by atoms with Gasteiger partial charge in [-0.2, -0.15) is 0 Å². The largest absolute Gasteiger partial charge is 0.439 e. The second kappa shape index (κ2) is 8.01. The van der Waals surface area contributed by atoms with E-state index < -0.39 is 0 Å². The summed E-state index contributed by atoms with van der Waals surface area (Å²) in [5, 5.41) is 3.72. The highest BCUT2D eigenvalue weighted by molar-refractivity contribution is 6.31. The summed E-state index contributed by atoms with van der Waals surface area (Å²) in [4.78, 5) is 4.21. The molecule has 2 rings (SSSR count). The molecule has 0 bridgehead atoms. The van der Waals surface area contributed by atoms with Crippen LogP contribution in [0, 0.1) is 0 Å². The molecular formula is C17H21ClN2O. The zero-order valence-electron chi connectivity index (χ0n) is 12.5. The summed E-state index contributed by atoms with van der Waals surface area (Å²) >= 11 is 6.09. The average molecular weight is 305 g/mol. The van der Waals surface area contributed by atoms with Crippen LogP contribution in [-0.4, -0.2) is 12.0 Å². The third-order valence-corrected chi connectivity index (χ3v) is 3.58. The van der Waals surface area contributed by atoms with Gasteiger partial charge < -0.3 is 10.1 Å². The van der Waals surface area contributed by atoms with E-state index in [4.69, 9.17) is 16.3 Å². The molecule has 1 aromatic carbocycles. The SMILES string of the molecule is CCCCc1ccc(Oc2cc(CNC)c(Cl)cn2)cc1. The van der Waals surface area contributed by atoms with Crippen molar-refractivity contribution in [2.45, 2.75) is 32.7 Å². The van der Waals surface area contributed by atoms with Gasteiger partial charge >= 0.3 is 0 Å². The molecule has 21 heavy (non-hydrogen) atoms. The maximum atomic E-state index is 6.09. The highest BCUT2D eigenvalue weighted by Gasteiger charge is 2.05. The normalized spacial score (nSPS) is 10.6. The maximum Gasteiger partial charge on any atom is 0.219 e. The predicted molar refractivity (Wildman–Crippen MR) is 87.1 cm³/mol. The Kier molecular flexibility index (Phi) is 6.03. The number of aromatic nitrogens is 1. The average Bonchev–Trinajstić information content (AvgIpc) is 2.50. The molecule has 0 aliphatic rings. The van der Waals surface area contributed by atoms with Gasteiger partial charge in [0.25, 0.3) is 0 Å². The molecule has 0 aliphatic heterocycles. The number of hydrogen-bond acceptors (Lipinski definition) is 3. The van der Waals surface area contributed by atoms with E-state index in [0.29, 0.717) is 17.4 Å². The van der Waals surface area contributed by atoms with Gasteiger partial charge in [0.15, 0.2) is 0 Å². The lowest BCUT2D eigenvalue weighted by molar-refractivity contribution is 0.461. The first-order valence-electron chi connectivity index (χ1n) is 7.28. The highest BCUT2D eigenvalue weighted by Crippen LogP contribution is 2.24. The van der Waals surface area contributed by atoms with Crippen LogP contribution in [0.2, 0.25) is 5.02 Å². The number of halogens is 1. The molecule has 0 amide bonds. The third-order valence-electron chi connectivity index (χ3n) is 3.24. The van der Waals surface area contributed by atoms with Crippen molar-refractivity contribution in [3.05, 3.63) is 52.7 Å². The van der Waals surface area contributed by atoms with Crippen molar-refractivity contribution < 1.29 is 4.74 Å². The molecule has 3 nitrogen and oxygen atoms in total. The van der Waals surface area contributed by atoms with Crippen LogP contribution in [0.15, 0.2) is 36.5 Å². The van der Waals surface area contributed by atoms with E-state index in [-0.39, 0.29) is 0 Å². The molecule has 0 unspecified atom stereocenters. The van der Waals surface area contributed by atoms with Gasteiger partial charge in [0.05, 0.1) is 5.02 Å². The number of aryl methyl sites for hydroxylation is 1. The Morgan fingerprint density at radius 2 is 2.00 bits per heavy atom. The van der Waals surface area contributed by atoms with Crippen molar-refractivity contribution in [1.29, 1.82) is 0 Å². The van der Waals surface area contributed by atoms with Gasteiger partial charge in [-0.05, 0) is 43.1 Å². The van der Waals surface area contributed by atoms with Gasteiger partial charge in [-0.25, -0.2) is 4.98 Å². The van der Waals surface area contributed by atoms with Crippen molar-refractivity contribution >= 4 is 11.6 Å². The minimum atomic E-state index is 0.561. The van der Waals surface area contributed by atoms with Crippen molar-refractivity contribution in [3.63, 3.8) is 0 Å². The van der Waals surface area contributed by atoms with E-state index in [2.05, 4.69) is 29.4 Å².